The van der Waals surface area contributed by atoms with Crippen molar-refractivity contribution in [1.29, 1.82) is 0 Å². The molecule has 6 heteroatoms. The van der Waals surface area contributed by atoms with E-state index in [1.165, 1.54) is 0 Å². The Labute approximate surface area is 135 Å². The zero-order chi connectivity index (χ0) is 16.1. The quantitative estimate of drug-likeness (QED) is 0.890. The van der Waals surface area contributed by atoms with Crippen LogP contribution < -0.4 is 0 Å². The summed E-state index contributed by atoms with van der Waals surface area (Å²) in [5, 5.41) is 0. The van der Waals surface area contributed by atoms with Gasteiger partial charge < -0.3 is 19.8 Å². The Morgan fingerprint density at radius 1 is 0.826 bits per heavy atom. The van der Waals surface area contributed by atoms with E-state index in [1.54, 1.807) is 0 Å². The van der Waals surface area contributed by atoms with E-state index in [0.717, 1.165) is 30.6 Å². The fourth-order valence-electron chi connectivity index (χ4n) is 2.93. The Hall–Kier alpha value is -2.50. The Morgan fingerprint density at radius 3 is 1.70 bits per heavy atom. The number of aromatic amines is 2. The number of hydrogen-bond donors (Lipinski definition) is 2. The van der Waals surface area contributed by atoms with Crippen LogP contribution in [0.3, 0.4) is 0 Å². The van der Waals surface area contributed by atoms with Gasteiger partial charge in [-0.1, -0.05) is 0 Å². The molecule has 0 aliphatic carbocycles. The van der Waals surface area contributed by atoms with E-state index in [1.807, 2.05) is 46.7 Å². The summed E-state index contributed by atoms with van der Waals surface area (Å²) in [4.78, 5) is 34.4. The number of H-pyrrole nitrogens is 2. The van der Waals surface area contributed by atoms with Gasteiger partial charge in [-0.05, 0) is 29.7 Å². The van der Waals surface area contributed by atoms with Gasteiger partial charge in [-0.25, -0.2) is 0 Å². The Balaban J connectivity index is 1.52. The number of carbonyl (C=O) groups is 2. The first kappa shape index (κ1) is 15.4. The lowest BCUT2D eigenvalue weighted by atomic mass is 10.2. The van der Waals surface area contributed by atoms with E-state index in [9.17, 15) is 9.59 Å². The second-order valence-electron chi connectivity index (χ2n) is 5.91. The predicted octanol–water partition coefficient (Wildman–Crippen LogP) is 1.19. The van der Waals surface area contributed by atoms with E-state index in [4.69, 9.17) is 0 Å². The van der Waals surface area contributed by atoms with Crippen molar-refractivity contribution >= 4 is 11.8 Å². The minimum atomic E-state index is 0.129. The van der Waals surface area contributed by atoms with E-state index in [-0.39, 0.29) is 11.8 Å². The molecular weight excluding hydrogens is 292 g/mol. The maximum Gasteiger partial charge on any atom is 0.227 e. The fraction of sp³-hybridized carbons (Fsp3) is 0.412. The lowest BCUT2D eigenvalue weighted by Crippen LogP contribution is -2.38. The third-order valence-corrected chi connectivity index (χ3v) is 4.24. The topological polar surface area (TPSA) is 72.2 Å². The maximum absolute atomic E-state index is 12.4. The largest absolute Gasteiger partial charge is 0.367 e. The number of aromatic nitrogens is 2. The van der Waals surface area contributed by atoms with Crippen molar-refractivity contribution in [3.8, 4) is 0 Å². The SMILES string of the molecule is O=C(Cc1cc[nH]c1)N1CCCN(C(=O)Cc2cc[nH]c2)CC1. The standard InChI is InChI=1S/C17H22N4O2/c22-16(10-14-2-4-18-12-14)20-6-1-7-21(9-8-20)17(23)11-15-3-5-19-13-15/h2-5,12-13,18-19H,1,6-11H2. The van der Waals surface area contributed by atoms with E-state index in [0.29, 0.717) is 25.9 Å². The molecule has 1 aliphatic heterocycles. The second kappa shape index (κ2) is 7.17. The first-order valence-electron chi connectivity index (χ1n) is 8.01. The second-order valence-corrected chi connectivity index (χ2v) is 5.91. The van der Waals surface area contributed by atoms with Gasteiger partial charge in [0.2, 0.25) is 11.8 Å². The molecule has 2 amide bonds. The van der Waals surface area contributed by atoms with E-state index in [2.05, 4.69) is 9.97 Å². The van der Waals surface area contributed by atoms with Gasteiger partial charge >= 0.3 is 0 Å². The molecule has 0 atom stereocenters. The zero-order valence-corrected chi connectivity index (χ0v) is 13.1. The van der Waals surface area contributed by atoms with Crippen LogP contribution in [0.15, 0.2) is 36.9 Å². The van der Waals surface area contributed by atoms with Gasteiger partial charge in [0.15, 0.2) is 0 Å². The van der Waals surface area contributed by atoms with Gasteiger partial charge in [-0.2, -0.15) is 0 Å². The van der Waals surface area contributed by atoms with Crippen molar-refractivity contribution in [3.63, 3.8) is 0 Å². The summed E-state index contributed by atoms with van der Waals surface area (Å²) in [6.45, 7) is 2.67. The average molecular weight is 314 g/mol. The van der Waals surface area contributed by atoms with Crippen LogP contribution in [0.5, 0.6) is 0 Å². The van der Waals surface area contributed by atoms with Gasteiger partial charge in [-0.3, -0.25) is 9.59 Å². The number of hydrogen-bond acceptors (Lipinski definition) is 2. The molecule has 23 heavy (non-hydrogen) atoms. The highest BCUT2D eigenvalue weighted by Gasteiger charge is 2.22. The Kier molecular flexibility index (Phi) is 4.80. The monoisotopic (exact) mass is 314 g/mol. The van der Waals surface area contributed by atoms with Crippen LogP contribution in [0.1, 0.15) is 17.5 Å². The van der Waals surface area contributed by atoms with Crippen molar-refractivity contribution in [2.75, 3.05) is 26.2 Å². The molecule has 1 aliphatic rings. The third kappa shape index (κ3) is 4.03. The average Bonchev–Trinajstić information content (AvgIpc) is 3.17. The summed E-state index contributed by atoms with van der Waals surface area (Å²) in [6.07, 6.45) is 9.02. The molecule has 0 saturated carbocycles. The molecule has 6 nitrogen and oxygen atoms in total. The van der Waals surface area contributed by atoms with Crippen LogP contribution >= 0.6 is 0 Å². The molecule has 0 spiro atoms. The third-order valence-electron chi connectivity index (χ3n) is 4.24. The van der Waals surface area contributed by atoms with Gasteiger partial charge in [0, 0.05) is 51.0 Å². The van der Waals surface area contributed by atoms with Crippen LogP contribution in [-0.4, -0.2) is 57.8 Å². The molecule has 3 heterocycles. The smallest absolute Gasteiger partial charge is 0.227 e. The fourth-order valence-corrected chi connectivity index (χ4v) is 2.93. The number of carbonyl (C=O) groups excluding carboxylic acids is 2. The zero-order valence-electron chi connectivity index (χ0n) is 13.1. The number of rotatable bonds is 4. The summed E-state index contributed by atoms with van der Waals surface area (Å²) in [7, 11) is 0. The molecule has 2 aromatic rings. The molecule has 1 saturated heterocycles. The van der Waals surface area contributed by atoms with E-state index >= 15 is 0 Å². The molecule has 1 fully saturated rings. The normalized spacial score (nSPS) is 15.5. The molecular formula is C17H22N4O2. The van der Waals surface area contributed by atoms with Crippen LogP contribution in [0.25, 0.3) is 0 Å². The summed E-state index contributed by atoms with van der Waals surface area (Å²) in [6, 6.07) is 3.84. The summed E-state index contributed by atoms with van der Waals surface area (Å²) in [5.41, 5.74) is 2.00. The molecule has 2 N–H and O–H groups in total. The van der Waals surface area contributed by atoms with Crippen LogP contribution in [0.2, 0.25) is 0 Å². The van der Waals surface area contributed by atoms with Crippen molar-refractivity contribution < 1.29 is 9.59 Å². The maximum atomic E-state index is 12.4. The molecule has 122 valence electrons. The highest BCUT2D eigenvalue weighted by molar-refractivity contribution is 5.80. The first-order chi connectivity index (χ1) is 11.2. The number of nitrogens with one attached hydrogen (secondary N) is 2. The summed E-state index contributed by atoms with van der Waals surface area (Å²) in [5.74, 6) is 0.258. The van der Waals surface area contributed by atoms with Crippen molar-refractivity contribution in [2.24, 2.45) is 0 Å². The predicted molar refractivity (Wildman–Crippen MR) is 86.8 cm³/mol. The minimum Gasteiger partial charge on any atom is -0.367 e. The molecule has 0 unspecified atom stereocenters. The Bertz CT molecular complexity index is 577. The molecule has 0 aromatic carbocycles. The van der Waals surface area contributed by atoms with Crippen LogP contribution in [0, 0.1) is 0 Å². The van der Waals surface area contributed by atoms with Gasteiger partial charge in [0.05, 0.1) is 12.8 Å². The molecule has 0 bridgehead atoms. The number of nitrogens with zero attached hydrogens (tertiary/aromatic N) is 2. The molecule has 2 aromatic heterocycles. The highest BCUT2D eigenvalue weighted by atomic mass is 16.2. The van der Waals surface area contributed by atoms with E-state index < -0.39 is 0 Å². The van der Waals surface area contributed by atoms with Gasteiger partial charge in [0.25, 0.3) is 0 Å². The summed E-state index contributed by atoms with van der Waals surface area (Å²) >= 11 is 0. The summed E-state index contributed by atoms with van der Waals surface area (Å²) < 4.78 is 0. The van der Waals surface area contributed by atoms with Crippen molar-refractivity contribution in [3.05, 3.63) is 48.0 Å². The van der Waals surface area contributed by atoms with Crippen LogP contribution in [0.4, 0.5) is 0 Å². The molecule has 3 rings (SSSR count). The van der Waals surface area contributed by atoms with Crippen LogP contribution in [-0.2, 0) is 22.4 Å². The Morgan fingerprint density at radius 2 is 1.30 bits per heavy atom. The van der Waals surface area contributed by atoms with Crippen molar-refractivity contribution in [1.82, 2.24) is 19.8 Å². The first-order valence-corrected chi connectivity index (χ1v) is 8.01. The number of amides is 2. The lowest BCUT2D eigenvalue weighted by Gasteiger charge is -2.22. The molecule has 0 radical (unpaired) electrons. The van der Waals surface area contributed by atoms with Gasteiger partial charge in [0.1, 0.15) is 0 Å². The minimum absolute atomic E-state index is 0.129. The lowest BCUT2D eigenvalue weighted by molar-refractivity contribution is -0.132. The highest BCUT2D eigenvalue weighted by Crippen LogP contribution is 2.09. The van der Waals surface area contributed by atoms with Gasteiger partial charge in [-0.15, -0.1) is 0 Å². The van der Waals surface area contributed by atoms with Crippen molar-refractivity contribution in [2.45, 2.75) is 19.3 Å².